The van der Waals surface area contributed by atoms with Gasteiger partial charge in [-0.1, -0.05) is 30.3 Å². The van der Waals surface area contributed by atoms with Gasteiger partial charge in [-0.25, -0.2) is 13.4 Å². The van der Waals surface area contributed by atoms with Gasteiger partial charge in [-0.05, 0) is 29.8 Å². The molecular weight excluding hydrogens is 413 g/mol. The minimum atomic E-state index is -3.16. The fraction of sp³-hybridized carbons (Fsp3) is 0.133. The summed E-state index contributed by atoms with van der Waals surface area (Å²) in [6.45, 7) is 0.385. The molecule has 0 aliphatic carbocycles. The quantitative estimate of drug-likeness (QED) is 0.443. The van der Waals surface area contributed by atoms with Crippen LogP contribution in [0, 0.1) is 0 Å². The standard InChI is InChI=1S/C15H17N3O2S.HI/c1-21(19,20)14-9-7-12(8-10-14)11-17-15(16)18-13-5-3-2-4-6-13;/h2-10H,11H2,1H3,(H3,16,17,18);1H. The molecule has 0 heterocycles. The topological polar surface area (TPSA) is 84.5 Å². The summed E-state index contributed by atoms with van der Waals surface area (Å²) in [5.41, 5.74) is 7.55. The SMILES string of the molecule is CS(=O)(=O)c1ccc(CN=C(N)Nc2ccccc2)cc1.I. The van der Waals surface area contributed by atoms with E-state index in [2.05, 4.69) is 10.3 Å². The summed E-state index contributed by atoms with van der Waals surface area (Å²) < 4.78 is 22.7. The van der Waals surface area contributed by atoms with E-state index in [0.29, 0.717) is 17.4 Å². The smallest absolute Gasteiger partial charge is 0.193 e. The molecule has 0 spiro atoms. The highest BCUT2D eigenvalue weighted by atomic mass is 127. The summed E-state index contributed by atoms with van der Waals surface area (Å²) in [5.74, 6) is 0.313. The van der Waals surface area contributed by atoms with Gasteiger partial charge < -0.3 is 11.1 Å². The predicted octanol–water partition coefficient (Wildman–Crippen LogP) is 2.63. The van der Waals surface area contributed by atoms with Crippen LogP contribution in [0.1, 0.15) is 5.56 Å². The molecule has 0 aliphatic rings. The Morgan fingerprint density at radius 2 is 1.68 bits per heavy atom. The van der Waals surface area contributed by atoms with Gasteiger partial charge in [-0.15, -0.1) is 24.0 Å². The first-order valence-corrected chi connectivity index (χ1v) is 8.25. The van der Waals surface area contributed by atoms with Crippen molar-refractivity contribution in [2.75, 3.05) is 11.6 Å². The molecule has 0 aliphatic heterocycles. The molecule has 22 heavy (non-hydrogen) atoms. The fourth-order valence-electron chi connectivity index (χ4n) is 1.73. The maximum absolute atomic E-state index is 11.4. The number of guanidine groups is 1. The zero-order chi connectivity index (χ0) is 15.3. The number of nitrogens with zero attached hydrogens (tertiary/aromatic N) is 1. The van der Waals surface area contributed by atoms with Crippen LogP contribution in [0.2, 0.25) is 0 Å². The molecule has 0 amide bonds. The van der Waals surface area contributed by atoms with Gasteiger partial charge in [-0.3, -0.25) is 0 Å². The van der Waals surface area contributed by atoms with Crippen LogP contribution in [0.4, 0.5) is 5.69 Å². The molecule has 3 N–H and O–H groups in total. The predicted molar refractivity (Wildman–Crippen MR) is 100 cm³/mol. The summed E-state index contributed by atoms with van der Waals surface area (Å²) in [4.78, 5) is 4.51. The Bertz CT molecular complexity index is 729. The molecule has 0 bridgehead atoms. The molecule has 0 atom stereocenters. The Kier molecular flexibility index (Phi) is 6.82. The molecule has 2 aromatic rings. The van der Waals surface area contributed by atoms with Gasteiger partial charge in [0.1, 0.15) is 0 Å². The second-order valence-corrected chi connectivity index (χ2v) is 6.62. The zero-order valence-electron chi connectivity index (χ0n) is 12.1. The number of anilines is 1. The molecule has 2 aromatic carbocycles. The monoisotopic (exact) mass is 431 g/mol. The van der Waals surface area contributed by atoms with Crippen molar-refractivity contribution in [2.24, 2.45) is 10.7 Å². The van der Waals surface area contributed by atoms with Gasteiger partial charge in [0.15, 0.2) is 15.8 Å². The summed E-state index contributed by atoms with van der Waals surface area (Å²) in [5, 5.41) is 2.98. The van der Waals surface area contributed by atoms with Crippen molar-refractivity contribution in [3.8, 4) is 0 Å². The molecule has 2 rings (SSSR count). The second-order valence-electron chi connectivity index (χ2n) is 4.61. The summed E-state index contributed by atoms with van der Waals surface area (Å²) in [6, 6.07) is 16.1. The first kappa shape index (κ1) is 18.4. The van der Waals surface area contributed by atoms with Crippen LogP contribution in [0.25, 0.3) is 0 Å². The third-order valence-corrected chi connectivity index (χ3v) is 3.96. The molecule has 0 unspecified atom stereocenters. The van der Waals surface area contributed by atoms with E-state index in [1.807, 2.05) is 30.3 Å². The van der Waals surface area contributed by atoms with Crippen LogP contribution in [0.15, 0.2) is 64.5 Å². The van der Waals surface area contributed by atoms with E-state index in [0.717, 1.165) is 11.3 Å². The maximum atomic E-state index is 11.4. The molecule has 118 valence electrons. The average Bonchev–Trinajstić information content (AvgIpc) is 2.46. The molecule has 0 saturated heterocycles. The van der Waals surface area contributed by atoms with Crippen molar-refractivity contribution in [3.63, 3.8) is 0 Å². The number of aliphatic imine (C=N–C) groups is 1. The molecule has 0 aromatic heterocycles. The molecular formula is C15H18IN3O2S. The van der Waals surface area contributed by atoms with E-state index in [1.165, 1.54) is 6.26 Å². The normalized spacial score (nSPS) is 11.6. The highest BCUT2D eigenvalue weighted by Gasteiger charge is 2.05. The molecule has 0 fully saturated rings. The molecule has 7 heteroatoms. The highest BCUT2D eigenvalue weighted by Crippen LogP contribution is 2.11. The largest absolute Gasteiger partial charge is 0.370 e. The number of para-hydroxylation sites is 1. The maximum Gasteiger partial charge on any atom is 0.193 e. The number of nitrogens with two attached hydrogens (primary N) is 1. The van der Waals surface area contributed by atoms with Gasteiger partial charge >= 0.3 is 0 Å². The third-order valence-electron chi connectivity index (χ3n) is 2.83. The minimum Gasteiger partial charge on any atom is -0.370 e. The van der Waals surface area contributed by atoms with E-state index in [4.69, 9.17) is 5.73 Å². The zero-order valence-corrected chi connectivity index (χ0v) is 15.2. The van der Waals surface area contributed by atoms with Crippen molar-refractivity contribution >= 4 is 45.5 Å². The van der Waals surface area contributed by atoms with E-state index in [9.17, 15) is 8.42 Å². The average molecular weight is 431 g/mol. The fourth-order valence-corrected chi connectivity index (χ4v) is 2.36. The first-order valence-electron chi connectivity index (χ1n) is 6.36. The van der Waals surface area contributed by atoms with Crippen molar-refractivity contribution < 1.29 is 8.42 Å². The third kappa shape index (κ3) is 5.64. The number of halogens is 1. The van der Waals surface area contributed by atoms with Crippen molar-refractivity contribution in [2.45, 2.75) is 11.4 Å². The number of sulfone groups is 1. The Hall–Kier alpha value is -1.61. The van der Waals surface area contributed by atoms with Crippen molar-refractivity contribution in [1.82, 2.24) is 0 Å². The molecule has 0 radical (unpaired) electrons. The number of rotatable bonds is 4. The summed E-state index contributed by atoms with van der Waals surface area (Å²) in [6.07, 6.45) is 1.18. The molecule has 0 saturated carbocycles. The van der Waals surface area contributed by atoms with Crippen molar-refractivity contribution in [1.29, 1.82) is 0 Å². The van der Waals surface area contributed by atoms with Crippen LogP contribution in [-0.2, 0) is 16.4 Å². The van der Waals surface area contributed by atoms with Gasteiger partial charge in [0.05, 0.1) is 11.4 Å². The Balaban J connectivity index is 0.00000242. The lowest BCUT2D eigenvalue weighted by atomic mass is 10.2. The van der Waals surface area contributed by atoms with Gasteiger partial charge in [0, 0.05) is 11.9 Å². The van der Waals surface area contributed by atoms with Crippen LogP contribution in [-0.4, -0.2) is 20.6 Å². The number of hydrogen-bond acceptors (Lipinski definition) is 3. The van der Waals surface area contributed by atoms with Gasteiger partial charge in [0.2, 0.25) is 0 Å². The van der Waals surface area contributed by atoms with E-state index < -0.39 is 9.84 Å². The lowest BCUT2D eigenvalue weighted by Gasteiger charge is -2.05. The summed E-state index contributed by atoms with van der Waals surface area (Å²) >= 11 is 0. The van der Waals surface area contributed by atoms with E-state index in [1.54, 1.807) is 24.3 Å². The number of hydrogen-bond donors (Lipinski definition) is 2. The number of nitrogens with one attached hydrogen (secondary N) is 1. The van der Waals surface area contributed by atoms with Gasteiger partial charge in [0.25, 0.3) is 0 Å². The Labute approximate surface area is 147 Å². The van der Waals surface area contributed by atoms with Crippen LogP contribution in [0.5, 0.6) is 0 Å². The molecule has 5 nitrogen and oxygen atoms in total. The Morgan fingerprint density at radius 3 is 2.23 bits per heavy atom. The summed E-state index contributed by atoms with van der Waals surface area (Å²) in [7, 11) is -3.16. The minimum absolute atomic E-state index is 0. The first-order chi connectivity index (χ1) is 9.95. The lowest BCUT2D eigenvalue weighted by molar-refractivity contribution is 0.602. The van der Waals surface area contributed by atoms with Gasteiger partial charge in [-0.2, -0.15) is 0 Å². The number of benzene rings is 2. The van der Waals surface area contributed by atoms with Crippen molar-refractivity contribution in [3.05, 3.63) is 60.2 Å². The lowest BCUT2D eigenvalue weighted by Crippen LogP contribution is -2.22. The van der Waals surface area contributed by atoms with Crippen LogP contribution in [0.3, 0.4) is 0 Å². The Morgan fingerprint density at radius 1 is 1.09 bits per heavy atom. The second kappa shape index (κ2) is 8.14. The van der Waals surface area contributed by atoms with E-state index >= 15 is 0 Å². The highest BCUT2D eigenvalue weighted by molar-refractivity contribution is 14.0. The van der Waals surface area contributed by atoms with Crippen LogP contribution >= 0.6 is 24.0 Å². The van der Waals surface area contributed by atoms with E-state index in [-0.39, 0.29) is 24.0 Å². The van der Waals surface area contributed by atoms with Crippen LogP contribution < -0.4 is 11.1 Å².